The Kier molecular flexibility index (Phi) is 3.86. The molecule has 2 aromatic rings. The molecule has 1 aromatic heterocycles. The Morgan fingerprint density at radius 3 is 2.86 bits per heavy atom. The van der Waals surface area contributed by atoms with Gasteiger partial charge in [-0.15, -0.1) is 0 Å². The van der Waals surface area contributed by atoms with E-state index in [1.807, 2.05) is 24.3 Å². The van der Waals surface area contributed by atoms with Crippen molar-refractivity contribution >= 4 is 23.2 Å². The third-order valence-corrected chi connectivity index (χ3v) is 4.23. The highest BCUT2D eigenvalue weighted by Gasteiger charge is 2.24. The van der Waals surface area contributed by atoms with Crippen molar-refractivity contribution in [2.75, 3.05) is 13.6 Å². The van der Waals surface area contributed by atoms with E-state index < -0.39 is 0 Å². The van der Waals surface area contributed by atoms with Crippen molar-refractivity contribution in [3.63, 3.8) is 0 Å². The monoisotopic (exact) mass is 317 g/mol. The first-order valence-corrected chi connectivity index (χ1v) is 7.41. The molecule has 1 aliphatic rings. The van der Waals surface area contributed by atoms with Crippen LogP contribution in [0, 0.1) is 11.3 Å². The number of nitrogens with zero attached hydrogens (tertiary/aromatic N) is 3. The molecule has 0 saturated heterocycles. The Morgan fingerprint density at radius 1 is 1.33 bits per heavy atom. The van der Waals surface area contributed by atoms with Crippen molar-refractivity contribution in [3.8, 4) is 17.2 Å². The van der Waals surface area contributed by atoms with Gasteiger partial charge < -0.3 is 4.90 Å². The summed E-state index contributed by atoms with van der Waals surface area (Å²) in [6.07, 6.45) is 0.838. The summed E-state index contributed by atoms with van der Waals surface area (Å²) in [5, 5.41) is 10.4. The minimum Gasteiger partial charge on any atom is -0.302 e. The van der Waals surface area contributed by atoms with Gasteiger partial charge in [-0.2, -0.15) is 5.26 Å². The van der Waals surface area contributed by atoms with E-state index >= 15 is 0 Å². The summed E-state index contributed by atoms with van der Waals surface area (Å²) in [5.41, 5.74) is 4.25. The van der Waals surface area contributed by atoms with Crippen LogP contribution in [0.1, 0.15) is 16.8 Å². The quantitative estimate of drug-likeness (QED) is 0.748. The number of benzene rings is 1. The molecule has 0 spiro atoms. The second-order valence-corrected chi connectivity index (χ2v) is 5.98. The van der Waals surface area contributed by atoms with Crippen LogP contribution in [-0.2, 0) is 13.0 Å². The second-order valence-electron chi connectivity index (χ2n) is 5.19. The molecule has 0 unspecified atom stereocenters. The van der Waals surface area contributed by atoms with E-state index in [2.05, 4.69) is 23.0 Å². The van der Waals surface area contributed by atoms with Crippen molar-refractivity contribution in [1.82, 2.24) is 9.88 Å². The number of hydrogen-bond donors (Lipinski definition) is 0. The Balaban J connectivity index is 2.31. The minimum atomic E-state index is 0.274. The zero-order valence-corrected chi connectivity index (χ0v) is 13.0. The summed E-state index contributed by atoms with van der Waals surface area (Å²) in [5.74, 6) is 0. The summed E-state index contributed by atoms with van der Waals surface area (Å²) >= 11 is 12.3. The van der Waals surface area contributed by atoms with Crippen LogP contribution in [0.25, 0.3) is 11.1 Å². The number of halogens is 2. The molecule has 0 fully saturated rings. The van der Waals surface area contributed by atoms with E-state index in [0.717, 1.165) is 41.9 Å². The molecule has 0 saturated carbocycles. The lowest BCUT2D eigenvalue weighted by atomic mass is 9.92. The summed E-state index contributed by atoms with van der Waals surface area (Å²) in [7, 11) is 2.06. The van der Waals surface area contributed by atoms with Crippen LogP contribution in [0.5, 0.6) is 0 Å². The van der Waals surface area contributed by atoms with Crippen LogP contribution in [0.15, 0.2) is 24.3 Å². The molecule has 3 nitrogen and oxygen atoms in total. The van der Waals surface area contributed by atoms with Crippen LogP contribution in [-0.4, -0.2) is 23.5 Å². The highest BCUT2D eigenvalue weighted by atomic mass is 35.5. The van der Waals surface area contributed by atoms with Gasteiger partial charge in [-0.3, -0.25) is 0 Å². The van der Waals surface area contributed by atoms with Crippen LogP contribution >= 0.6 is 23.2 Å². The van der Waals surface area contributed by atoms with E-state index in [1.165, 1.54) is 0 Å². The predicted molar refractivity (Wildman–Crippen MR) is 84.4 cm³/mol. The van der Waals surface area contributed by atoms with Crippen LogP contribution in [0.4, 0.5) is 0 Å². The lowest BCUT2D eigenvalue weighted by molar-refractivity contribution is 0.310. The highest BCUT2D eigenvalue weighted by molar-refractivity contribution is 6.31. The average Bonchev–Trinajstić information content (AvgIpc) is 2.46. The standard InChI is InChI=1S/C16H13Cl2N3/c1-21-6-5-14-13(9-21)15(12(8-19)16(18)20-14)10-3-2-4-11(17)7-10/h2-4,7H,5-6,9H2,1H3. The predicted octanol–water partition coefficient (Wildman–Crippen LogP) is 3.91. The molecule has 0 aliphatic carbocycles. The van der Waals surface area contributed by atoms with Gasteiger partial charge in [0.1, 0.15) is 11.2 Å². The first-order chi connectivity index (χ1) is 10.1. The Morgan fingerprint density at radius 2 is 2.14 bits per heavy atom. The van der Waals surface area contributed by atoms with Gasteiger partial charge in [0.15, 0.2) is 0 Å². The number of aromatic nitrogens is 1. The number of pyridine rings is 1. The molecule has 0 N–H and O–H groups in total. The van der Waals surface area contributed by atoms with E-state index in [0.29, 0.717) is 10.6 Å². The summed E-state index contributed by atoms with van der Waals surface area (Å²) < 4.78 is 0. The zero-order chi connectivity index (χ0) is 15.0. The van der Waals surface area contributed by atoms with Crippen molar-refractivity contribution in [3.05, 3.63) is 51.3 Å². The molecule has 21 heavy (non-hydrogen) atoms. The number of fused-ring (bicyclic) bond motifs is 1. The lowest BCUT2D eigenvalue weighted by Crippen LogP contribution is -2.28. The maximum atomic E-state index is 9.48. The largest absolute Gasteiger partial charge is 0.302 e. The summed E-state index contributed by atoms with van der Waals surface area (Å²) in [6.45, 7) is 1.70. The van der Waals surface area contributed by atoms with E-state index in [1.54, 1.807) is 0 Å². The van der Waals surface area contributed by atoms with E-state index in [9.17, 15) is 5.26 Å². The smallest absolute Gasteiger partial charge is 0.147 e. The van der Waals surface area contributed by atoms with Gasteiger partial charge in [-0.05, 0) is 30.3 Å². The molecule has 5 heteroatoms. The molecular formula is C16H13Cl2N3. The van der Waals surface area contributed by atoms with E-state index in [4.69, 9.17) is 23.2 Å². The van der Waals surface area contributed by atoms with Gasteiger partial charge in [0.05, 0.1) is 5.56 Å². The van der Waals surface area contributed by atoms with Crippen molar-refractivity contribution < 1.29 is 0 Å². The van der Waals surface area contributed by atoms with Gasteiger partial charge in [-0.1, -0.05) is 35.3 Å². The maximum Gasteiger partial charge on any atom is 0.147 e. The summed E-state index contributed by atoms with van der Waals surface area (Å²) in [4.78, 5) is 6.63. The fourth-order valence-corrected chi connectivity index (χ4v) is 3.16. The summed E-state index contributed by atoms with van der Waals surface area (Å²) in [6, 6.07) is 9.71. The lowest BCUT2D eigenvalue weighted by Gasteiger charge is -2.27. The number of nitriles is 1. The Hall–Kier alpha value is -1.60. The molecule has 106 valence electrons. The highest BCUT2D eigenvalue weighted by Crippen LogP contribution is 2.36. The SMILES string of the molecule is CN1CCc2nc(Cl)c(C#N)c(-c3cccc(Cl)c3)c2C1. The van der Waals surface area contributed by atoms with Gasteiger partial charge in [-0.25, -0.2) is 4.98 Å². The van der Waals surface area contributed by atoms with Crippen molar-refractivity contribution in [2.24, 2.45) is 0 Å². The van der Waals surface area contributed by atoms with Crippen molar-refractivity contribution in [2.45, 2.75) is 13.0 Å². The molecule has 0 amide bonds. The average molecular weight is 318 g/mol. The van der Waals surface area contributed by atoms with Crippen LogP contribution in [0.3, 0.4) is 0 Å². The molecular weight excluding hydrogens is 305 g/mol. The number of likely N-dealkylation sites (N-methyl/N-ethyl adjacent to an activating group) is 1. The molecule has 1 aromatic carbocycles. The second kappa shape index (κ2) is 5.65. The van der Waals surface area contributed by atoms with E-state index in [-0.39, 0.29) is 5.15 Å². The molecule has 0 bridgehead atoms. The first kappa shape index (κ1) is 14.3. The topological polar surface area (TPSA) is 39.9 Å². The molecule has 3 rings (SSSR count). The number of rotatable bonds is 1. The van der Waals surface area contributed by atoms with Crippen LogP contribution < -0.4 is 0 Å². The maximum absolute atomic E-state index is 9.48. The fraction of sp³-hybridized carbons (Fsp3) is 0.250. The molecule has 1 aliphatic heterocycles. The molecule has 0 radical (unpaired) electrons. The van der Waals surface area contributed by atoms with Crippen LogP contribution in [0.2, 0.25) is 10.2 Å². The van der Waals surface area contributed by atoms with Gasteiger partial charge >= 0.3 is 0 Å². The van der Waals surface area contributed by atoms with Gasteiger partial charge in [0.2, 0.25) is 0 Å². The minimum absolute atomic E-state index is 0.274. The van der Waals surface area contributed by atoms with Gasteiger partial charge in [0, 0.05) is 35.8 Å². The number of hydrogen-bond acceptors (Lipinski definition) is 3. The molecule has 2 heterocycles. The van der Waals surface area contributed by atoms with Gasteiger partial charge in [0.25, 0.3) is 0 Å². The first-order valence-electron chi connectivity index (χ1n) is 6.66. The third-order valence-electron chi connectivity index (χ3n) is 3.72. The normalized spacial score (nSPS) is 14.6. The Bertz CT molecular complexity index is 750. The fourth-order valence-electron chi connectivity index (χ4n) is 2.73. The Labute approximate surface area is 133 Å². The zero-order valence-electron chi connectivity index (χ0n) is 11.5. The molecule has 0 atom stereocenters. The third kappa shape index (κ3) is 2.63. The van der Waals surface area contributed by atoms with Crippen molar-refractivity contribution in [1.29, 1.82) is 5.26 Å².